The van der Waals surface area contributed by atoms with Crippen LogP contribution in [-0.4, -0.2) is 30.8 Å². The molecule has 148 valence electrons. The summed E-state index contributed by atoms with van der Waals surface area (Å²) in [6, 6.07) is 10.9. The van der Waals surface area contributed by atoms with Crippen molar-refractivity contribution < 1.29 is 13.6 Å². The highest BCUT2D eigenvalue weighted by molar-refractivity contribution is 6.32. The van der Waals surface area contributed by atoms with Gasteiger partial charge in [0.15, 0.2) is 0 Å². The highest BCUT2D eigenvalue weighted by Crippen LogP contribution is 2.29. The molecule has 28 heavy (non-hydrogen) atoms. The van der Waals surface area contributed by atoms with Crippen LogP contribution in [0.3, 0.4) is 0 Å². The molecule has 1 heterocycles. The van der Waals surface area contributed by atoms with Gasteiger partial charge in [0.1, 0.15) is 17.7 Å². The molecule has 2 aromatic rings. The van der Waals surface area contributed by atoms with E-state index < -0.39 is 11.6 Å². The van der Waals surface area contributed by atoms with Crippen molar-refractivity contribution in [2.45, 2.75) is 32.4 Å². The summed E-state index contributed by atoms with van der Waals surface area (Å²) in [6.45, 7) is 4.38. The van der Waals surface area contributed by atoms with Crippen molar-refractivity contribution in [2.24, 2.45) is 0 Å². The van der Waals surface area contributed by atoms with Crippen molar-refractivity contribution in [2.75, 3.05) is 24.6 Å². The molecule has 1 aliphatic heterocycles. The van der Waals surface area contributed by atoms with Gasteiger partial charge >= 0.3 is 0 Å². The fourth-order valence-electron chi connectivity index (χ4n) is 3.39. The Morgan fingerprint density at radius 2 is 2.11 bits per heavy atom. The first-order chi connectivity index (χ1) is 13.5. The van der Waals surface area contributed by atoms with Crippen LogP contribution in [0.15, 0.2) is 36.4 Å². The molecule has 3 rings (SSSR count). The quantitative estimate of drug-likeness (QED) is 0.684. The highest BCUT2D eigenvalue weighted by Gasteiger charge is 2.27. The summed E-state index contributed by atoms with van der Waals surface area (Å²) < 4.78 is 27.6. The average Bonchev–Trinajstić information content (AvgIpc) is 2.68. The molecule has 2 aromatic carbocycles. The molecule has 0 radical (unpaired) electrons. The van der Waals surface area contributed by atoms with Gasteiger partial charge < -0.3 is 4.90 Å². The summed E-state index contributed by atoms with van der Waals surface area (Å²) in [7, 11) is 0. The van der Waals surface area contributed by atoms with Gasteiger partial charge in [-0.15, -0.1) is 0 Å². The first-order valence-corrected chi connectivity index (χ1v) is 9.67. The van der Waals surface area contributed by atoms with Crippen LogP contribution < -0.4 is 4.90 Å². The smallest absolute Gasteiger partial charge is 0.131 e. The predicted molar refractivity (Wildman–Crippen MR) is 105 cm³/mol. The topological polar surface area (TPSA) is 39.5 Å². The Hall–Kier alpha value is -2.20. The van der Waals surface area contributed by atoms with Crippen LogP contribution in [0.4, 0.5) is 14.5 Å². The van der Waals surface area contributed by atoms with Gasteiger partial charge in [-0.05, 0) is 37.1 Å². The number of anilines is 1. The molecule has 0 aromatic heterocycles. The van der Waals surface area contributed by atoms with Crippen LogP contribution in [0.2, 0.25) is 5.02 Å². The molecule has 0 N–H and O–H groups in total. The fourth-order valence-corrected chi connectivity index (χ4v) is 3.61. The Kier molecular flexibility index (Phi) is 6.84. The maximum Gasteiger partial charge on any atom is 0.131 e. The van der Waals surface area contributed by atoms with Gasteiger partial charge in [-0.2, -0.15) is 10.3 Å². The summed E-state index contributed by atoms with van der Waals surface area (Å²) in [6.07, 6.45) is 1.72. The molecule has 1 aliphatic rings. The van der Waals surface area contributed by atoms with Crippen molar-refractivity contribution in [3.8, 4) is 6.07 Å². The van der Waals surface area contributed by atoms with Gasteiger partial charge in [-0.25, -0.2) is 8.78 Å². The van der Waals surface area contributed by atoms with E-state index in [1.54, 1.807) is 12.1 Å². The second-order valence-corrected chi connectivity index (χ2v) is 7.21. The van der Waals surface area contributed by atoms with Crippen LogP contribution >= 0.6 is 11.6 Å². The second kappa shape index (κ2) is 9.33. The molecule has 0 unspecified atom stereocenters. The minimum Gasteiger partial charge on any atom is -0.363 e. The van der Waals surface area contributed by atoms with E-state index in [1.807, 2.05) is 17.2 Å². The van der Waals surface area contributed by atoms with Gasteiger partial charge in [0.2, 0.25) is 0 Å². The molecule has 0 amide bonds. The fraction of sp³-hybridized carbons (Fsp3) is 0.381. The van der Waals surface area contributed by atoms with Gasteiger partial charge in [0, 0.05) is 43.0 Å². The monoisotopic (exact) mass is 405 g/mol. The standard InChI is InChI=1S/C21H22ClF2N3O/c1-2-8-26-14-19(7-9-28-26)27(13-16-3-5-17(23)10-21(16)24)18-6-4-15(12-25)20(22)11-18/h3-6,10-11,19H,2,7-9,13-14H2,1H3/t19-/m0/s1. The number of nitrogens with zero attached hydrogens (tertiary/aromatic N) is 3. The first-order valence-electron chi connectivity index (χ1n) is 9.30. The number of halogens is 3. The van der Waals surface area contributed by atoms with E-state index >= 15 is 0 Å². The van der Waals surface area contributed by atoms with Crippen LogP contribution in [-0.2, 0) is 11.4 Å². The molecular weight excluding hydrogens is 384 g/mol. The number of nitriles is 1. The Balaban J connectivity index is 1.93. The van der Waals surface area contributed by atoms with Crippen LogP contribution in [0.1, 0.15) is 30.9 Å². The maximum atomic E-state index is 14.3. The van der Waals surface area contributed by atoms with E-state index in [9.17, 15) is 8.78 Å². The predicted octanol–water partition coefficient (Wildman–Crippen LogP) is 4.91. The van der Waals surface area contributed by atoms with E-state index in [0.717, 1.165) is 31.1 Å². The van der Waals surface area contributed by atoms with E-state index in [-0.39, 0.29) is 12.6 Å². The Morgan fingerprint density at radius 3 is 2.79 bits per heavy atom. The van der Waals surface area contributed by atoms with Crippen LogP contribution in [0.25, 0.3) is 0 Å². The largest absolute Gasteiger partial charge is 0.363 e. The molecule has 1 fully saturated rings. The summed E-state index contributed by atoms with van der Waals surface area (Å²) in [5, 5.41) is 11.4. The zero-order chi connectivity index (χ0) is 20.1. The lowest BCUT2D eigenvalue weighted by Gasteiger charge is -2.40. The minimum atomic E-state index is -0.602. The van der Waals surface area contributed by atoms with Crippen LogP contribution in [0.5, 0.6) is 0 Å². The molecule has 0 spiro atoms. The normalized spacial score (nSPS) is 17.3. The SMILES string of the molecule is CCCN1C[C@@H](N(Cc2ccc(F)cc2F)c2ccc(C#N)c(Cl)c2)CCO1. The highest BCUT2D eigenvalue weighted by atomic mass is 35.5. The summed E-state index contributed by atoms with van der Waals surface area (Å²) in [5.41, 5.74) is 1.57. The zero-order valence-electron chi connectivity index (χ0n) is 15.7. The third kappa shape index (κ3) is 4.79. The molecule has 0 saturated carbocycles. The summed E-state index contributed by atoms with van der Waals surface area (Å²) in [5.74, 6) is -1.18. The first kappa shape index (κ1) is 20.5. The molecule has 1 atom stereocenters. The Bertz CT molecular complexity index is 869. The van der Waals surface area contributed by atoms with Gasteiger partial charge in [0.05, 0.1) is 17.2 Å². The van der Waals surface area contributed by atoms with Gasteiger partial charge in [0.25, 0.3) is 0 Å². The molecule has 0 aliphatic carbocycles. The van der Waals surface area contributed by atoms with Crippen molar-refractivity contribution in [1.82, 2.24) is 5.06 Å². The van der Waals surface area contributed by atoms with Crippen molar-refractivity contribution in [3.63, 3.8) is 0 Å². The lowest BCUT2D eigenvalue weighted by molar-refractivity contribution is -0.185. The zero-order valence-corrected chi connectivity index (χ0v) is 16.4. The molecule has 7 heteroatoms. The van der Waals surface area contributed by atoms with E-state index in [2.05, 4.69) is 11.8 Å². The minimum absolute atomic E-state index is 0.0637. The maximum absolute atomic E-state index is 14.3. The third-order valence-electron chi connectivity index (χ3n) is 4.81. The molecule has 4 nitrogen and oxygen atoms in total. The molecule has 0 bridgehead atoms. The lowest BCUT2D eigenvalue weighted by atomic mass is 10.1. The van der Waals surface area contributed by atoms with E-state index in [1.165, 1.54) is 12.1 Å². The number of benzene rings is 2. The Labute approximate surface area is 168 Å². The van der Waals surface area contributed by atoms with Crippen molar-refractivity contribution in [1.29, 1.82) is 5.26 Å². The molecular formula is C21H22ClF2N3O. The Morgan fingerprint density at radius 1 is 1.29 bits per heavy atom. The average molecular weight is 406 g/mol. The lowest BCUT2D eigenvalue weighted by Crippen LogP contribution is -2.48. The third-order valence-corrected chi connectivity index (χ3v) is 5.13. The molecule has 1 saturated heterocycles. The van der Waals surface area contributed by atoms with Crippen LogP contribution in [0, 0.1) is 23.0 Å². The van der Waals surface area contributed by atoms with Crippen molar-refractivity contribution >= 4 is 17.3 Å². The second-order valence-electron chi connectivity index (χ2n) is 6.80. The number of hydroxylamine groups is 2. The summed E-state index contributed by atoms with van der Waals surface area (Å²) in [4.78, 5) is 7.75. The van der Waals surface area contributed by atoms with Gasteiger partial charge in [-0.1, -0.05) is 24.6 Å². The van der Waals surface area contributed by atoms with Crippen molar-refractivity contribution in [3.05, 3.63) is 64.2 Å². The summed E-state index contributed by atoms with van der Waals surface area (Å²) >= 11 is 6.24. The van der Waals surface area contributed by atoms with Gasteiger partial charge in [-0.3, -0.25) is 4.84 Å². The van der Waals surface area contributed by atoms with E-state index in [4.69, 9.17) is 21.7 Å². The number of rotatable bonds is 6. The number of hydrogen-bond donors (Lipinski definition) is 0. The number of hydrogen-bond acceptors (Lipinski definition) is 4. The van der Waals surface area contributed by atoms with E-state index in [0.29, 0.717) is 29.3 Å².